The van der Waals surface area contributed by atoms with E-state index in [1.54, 1.807) is 0 Å². The minimum Gasteiger partial charge on any atom is -0.508 e. The summed E-state index contributed by atoms with van der Waals surface area (Å²) in [6.07, 6.45) is 0. The topological polar surface area (TPSA) is 107 Å². The number of hydrogen-bond acceptors (Lipinski definition) is 5. The molecule has 0 bridgehead atoms. The molecule has 0 atom stereocenters. The molecule has 1 aromatic rings. The van der Waals surface area contributed by atoms with Crippen molar-refractivity contribution in [3.05, 3.63) is 22.6 Å². The molecule has 0 spiro atoms. The van der Waals surface area contributed by atoms with Crippen LogP contribution in [0.3, 0.4) is 0 Å². The Hall–Kier alpha value is -2.11. The molecule has 0 aliphatic rings. The van der Waals surface area contributed by atoms with E-state index in [2.05, 4.69) is 5.18 Å². The molecule has 0 unspecified atom stereocenters. The Morgan fingerprint density at radius 3 is 2.38 bits per heavy atom. The molecule has 0 fully saturated rings. The number of aromatic carboxylic acids is 1. The van der Waals surface area contributed by atoms with E-state index >= 15 is 0 Å². The summed E-state index contributed by atoms with van der Waals surface area (Å²) in [7, 11) is 0. The van der Waals surface area contributed by atoms with E-state index in [1.165, 1.54) is 0 Å². The average molecular weight is 183 g/mol. The van der Waals surface area contributed by atoms with Crippen molar-refractivity contribution in [2.75, 3.05) is 0 Å². The summed E-state index contributed by atoms with van der Waals surface area (Å²) in [5, 5.41) is 28.9. The highest BCUT2D eigenvalue weighted by Gasteiger charge is 2.15. The molecule has 0 aliphatic heterocycles. The smallest absolute Gasteiger partial charge is 0.339 e. The molecule has 0 heterocycles. The van der Waals surface area contributed by atoms with E-state index in [0.29, 0.717) is 0 Å². The molecule has 0 aliphatic carbocycles. The number of hydrogen-bond donors (Lipinski definition) is 3. The summed E-state index contributed by atoms with van der Waals surface area (Å²) in [5.74, 6) is -2.64. The quantitative estimate of drug-likeness (QED) is 0.471. The first kappa shape index (κ1) is 8.98. The monoisotopic (exact) mass is 183 g/mol. The summed E-state index contributed by atoms with van der Waals surface area (Å²) < 4.78 is 0. The Labute approximate surface area is 72.0 Å². The number of carbonyl (C=O) groups is 1. The molecule has 6 nitrogen and oxygen atoms in total. The lowest BCUT2D eigenvalue weighted by molar-refractivity contribution is 0.0693. The van der Waals surface area contributed by atoms with Crippen molar-refractivity contribution in [1.29, 1.82) is 0 Å². The average Bonchev–Trinajstić information content (AvgIpc) is 2.08. The molecule has 0 radical (unpaired) electrons. The second-order valence-corrected chi connectivity index (χ2v) is 2.26. The summed E-state index contributed by atoms with van der Waals surface area (Å²) >= 11 is 0. The maximum absolute atomic E-state index is 10.4. The largest absolute Gasteiger partial charge is 0.508 e. The molecule has 0 aromatic heterocycles. The number of nitroso groups, excluding NO2 is 1. The van der Waals surface area contributed by atoms with Crippen molar-refractivity contribution < 1.29 is 20.1 Å². The van der Waals surface area contributed by atoms with Gasteiger partial charge in [0.25, 0.3) is 0 Å². The van der Waals surface area contributed by atoms with E-state index in [-0.39, 0.29) is 0 Å². The molecule has 0 amide bonds. The number of rotatable bonds is 2. The Kier molecular flexibility index (Phi) is 2.14. The van der Waals surface area contributed by atoms with Gasteiger partial charge in [-0.2, -0.15) is 0 Å². The third-order valence-corrected chi connectivity index (χ3v) is 1.40. The molecule has 0 saturated heterocycles. The Morgan fingerprint density at radius 2 is 1.92 bits per heavy atom. The van der Waals surface area contributed by atoms with E-state index in [1.807, 2.05) is 0 Å². The molecule has 0 saturated carbocycles. The first-order valence-corrected chi connectivity index (χ1v) is 3.19. The minimum absolute atomic E-state index is 0.440. The van der Waals surface area contributed by atoms with Gasteiger partial charge in [-0.3, -0.25) is 0 Å². The number of phenolic OH excluding ortho intramolecular Hbond substituents is 1. The zero-order chi connectivity index (χ0) is 10.0. The van der Waals surface area contributed by atoms with Crippen molar-refractivity contribution in [3.63, 3.8) is 0 Å². The van der Waals surface area contributed by atoms with Crippen LogP contribution in [0.25, 0.3) is 0 Å². The van der Waals surface area contributed by atoms with Crippen LogP contribution in [0, 0.1) is 4.91 Å². The maximum Gasteiger partial charge on any atom is 0.339 e. The van der Waals surface area contributed by atoms with E-state index in [0.717, 1.165) is 12.1 Å². The van der Waals surface area contributed by atoms with Gasteiger partial charge in [-0.15, -0.1) is 4.91 Å². The van der Waals surface area contributed by atoms with Crippen LogP contribution in [0.4, 0.5) is 5.69 Å². The van der Waals surface area contributed by atoms with Gasteiger partial charge in [-0.25, -0.2) is 4.79 Å². The summed E-state index contributed by atoms with van der Waals surface area (Å²) in [5.41, 5.74) is -1.06. The molecule has 13 heavy (non-hydrogen) atoms. The number of carboxylic acids is 1. The van der Waals surface area contributed by atoms with Crippen LogP contribution in [0.5, 0.6) is 11.5 Å². The zero-order valence-corrected chi connectivity index (χ0v) is 6.26. The first-order valence-electron chi connectivity index (χ1n) is 3.19. The lowest BCUT2D eigenvalue weighted by Crippen LogP contribution is -1.96. The van der Waals surface area contributed by atoms with Crippen LogP contribution in [0.15, 0.2) is 17.3 Å². The van der Waals surface area contributed by atoms with Crippen LogP contribution in [-0.2, 0) is 0 Å². The third-order valence-electron chi connectivity index (χ3n) is 1.40. The number of carboxylic acid groups (broad SMARTS) is 1. The molecular formula is C7H5NO5. The fourth-order valence-corrected chi connectivity index (χ4v) is 0.837. The number of benzene rings is 1. The maximum atomic E-state index is 10.4. The van der Waals surface area contributed by atoms with Gasteiger partial charge >= 0.3 is 5.97 Å². The van der Waals surface area contributed by atoms with Gasteiger partial charge in [0.1, 0.15) is 11.3 Å². The standard InChI is InChI=1S/C7H5NO5/c9-3-1-4(7(11)12)6(10)5(2-3)8-13/h1-2,9-10H,(H,11,12). The highest BCUT2D eigenvalue weighted by atomic mass is 16.4. The van der Waals surface area contributed by atoms with E-state index in [9.17, 15) is 9.70 Å². The second-order valence-electron chi connectivity index (χ2n) is 2.26. The first-order chi connectivity index (χ1) is 6.06. The van der Waals surface area contributed by atoms with Crippen LogP contribution >= 0.6 is 0 Å². The van der Waals surface area contributed by atoms with E-state index < -0.39 is 28.7 Å². The highest BCUT2D eigenvalue weighted by molar-refractivity contribution is 5.93. The molecule has 6 heteroatoms. The van der Waals surface area contributed by atoms with Gasteiger partial charge in [-0.05, 0) is 11.2 Å². The summed E-state index contributed by atoms with van der Waals surface area (Å²) in [6.45, 7) is 0. The SMILES string of the molecule is O=Nc1cc(O)cc(C(=O)O)c1O. The Morgan fingerprint density at radius 1 is 1.31 bits per heavy atom. The zero-order valence-electron chi connectivity index (χ0n) is 6.26. The fraction of sp³-hybridized carbons (Fsp3) is 0. The predicted octanol–water partition coefficient (Wildman–Crippen LogP) is 1.19. The van der Waals surface area contributed by atoms with Gasteiger partial charge in [-0.1, -0.05) is 0 Å². The highest BCUT2D eigenvalue weighted by Crippen LogP contribution is 2.34. The van der Waals surface area contributed by atoms with Crippen molar-refractivity contribution in [3.8, 4) is 11.5 Å². The lowest BCUT2D eigenvalue weighted by atomic mass is 10.1. The molecule has 1 aromatic carbocycles. The van der Waals surface area contributed by atoms with Gasteiger partial charge < -0.3 is 15.3 Å². The van der Waals surface area contributed by atoms with Crippen LogP contribution in [0.1, 0.15) is 10.4 Å². The van der Waals surface area contributed by atoms with Crippen molar-refractivity contribution in [2.24, 2.45) is 5.18 Å². The van der Waals surface area contributed by atoms with Gasteiger partial charge in [0.15, 0.2) is 11.4 Å². The van der Waals surface area contributed by atoms with Crippen LogP contribution in [-0.4, -0.2) is 21.3 Å². The molecule has 68 valence electrons. The second kappa shape index (κ2) is 3.10. The van der Waals surface area contributed by atoms with Crippen molar-refractivity contribution >= 4 is 11.7 Å². The van der Waals surface area contributed by atoms with E-state index in [4.69, 9.17) is 15.3 Å². The predicted molar refractivity (Wildman–Crippen MR) is 42.2 cm³/mol. The number of nitrogens with zero attached hydrogens (tertiary/aromatic N) is 1. The van der Waals surface area contributed by atoms with Gasteiger partial charge in [0.2, 0.25) is 0 Å². The molecular weight excluding hydrogens is 178 g/mol. The molecule has 3 N–H and O–H groups in total. The summed E-state index contributed by atoms with van der Waals surface area (Å²) in [4.78, 5) is 20.5. The fourth-order valence-electron chi connectivity index (χ4n) is 0.837. The third kappa shape index (κ3) is 1.56. The summed E-state index contributed by atoms with van der Waals surface area (Å²) in [6, 6.07) is 1.70. The minimum atomic E-state index is -1.45. The lowest BCUT2D eigenvalue weighted by Gasteiger charge is -2.01. The van der Waals surface area contributed by atoms with Gasteiger partial charge in [0.05, 0.1) is 0 Å². The Balaban J connectivity index is 3.44. The van der Waals surface area contributed by atoms with Crippen molar-refractivity contribution in [1.82, 2.24) is 0 Å². The van der Waals surface area contributed by atoms with Crippen LogP contribution < -0.4 is 0 Å². The number of aromatic hydroxyl groups is 2. The van der Waals surface area contributed by atoms with Crippen molar-refractivity contribution in [2.45, 2.75) is 0 Å². The van der Waals surface area contributed by atoms with Crippen LogP contribution in [0.2, 0.25) is 0 Å². The Bertz CT molecular complexity index is 373. The normalized spacial score (nSPS) is 9.54. The number of phenols is 2. The van der Waals surface area contributed by atoms with Gasteiger partial charge in [0, 0.05) is 6.07 Å². The molecule has 1 rings (SSSR count).